The normalized spacial score (nSPS) is 17.5. The molecule has 1 aliphatic rings. The third-order valence-corrected chi connectivity index (χ3v) is 3.98. The first-order chi connectivity index (χ1) is 10.1. The first kappa shape index (κ1) is 16.0. The molecule has 1 aromatic rings. The van der Waals surface area contributed by atoms with Crippen LogP contribution in [0.1, 0.15) is 31.7 Å². The van der Waals surface area contributed by atoms with Crippen LogP contribution in [-0.2, 0) is 11.2 Å². The highest BCUT2D eigenvalue weighted by Gasteiger charge is 2.32. The van der Waals surface area contributed by atoms with Crippen molar-refractivity contribution >= 4 is 11.6 Å². The van der Waals surface area contributed by atoms with Gasteiger partial charge in [0, 0.05) is 52.3 Å². The van der Waals surface area contributed by atoms with Gasteiger partial charge in [0.15, 0.2) is 0 Å². The maximum Gasteiger partial charge on any atom is 0.137 e. The Bertz CT molecular complexity index is 461. The molecule has 0 bridgehead atoms. The molecular formula is C15H26N4O2. The van der Waals surface area contributed by atoms with Crippen molar-refractivity contribution in [1.82, 2.24) is 9.97 Å². The third-order valence-electron chi connectivity index (χ3n) is 3.98. The van der Waals surface area contributed by atoms with E-state index < -0.39 is 5.60 Å². The van der Waals surface area contributed by atoms with E-state index >= 15 is 0 Å². The van der Waals surface area contributed by atoms with Crippen molar-refractivity contribution < 1.29 is 9.84 Å². The van der Waals surface area contributed by atoms with E-state index in [-0.39, 0.29) is 0 Å². The molecule has 0 radical (unpaired) electrons. The summed E-state index contributed by atoms with van der Waals surface area (Å²) < 4.78 is 5.34. The Labute approximate surface area is 126 Å². The van der Waals surface area contributed by atoms with Crippen molar-refractivity contribution in [3.8, 4) is 0 Å². The lowest BCUT2D eigenvalue weighted by atomic mass is 9.94. The zero-order valence-electron chi connectivity index (χ0n) is 13.2. The van der Waals surface area contributed by atoms with Crippen molar-refractivity contribution in [2.24, 2.45) is 0 Å². The van der Waals surface area contributed by atoms with E-state index in [2.05, 4.69) is 22.2 Å². The van der Waals surface area contributed by atoms with Crippen molar-refractivity contribution in [1.29, 1.82) is 0 Å². The van der Waals surface area contributed by atoms with Gasteiger partial charge in [0.25, 0.3) is 0 Å². The minimum atomic E-state index is -0.693. The van der Waals surface area contributed by atoms with Gasteiger partial charge in [-0.2, -0.15) is 0 Å². The predicted molar refractivity (Wildman–Crippen MR) is 83.8 cm³/mol. The molecule has 0 saturated carbocycles. The number of nitrogens with one attached hydrogen (secondary N) is 1. The molecule has 118 valence electrons. The highest BCUT2D eigenvalue weighted by atomic mass is 16.5. The van der Waals surface area contributed by atoms with Crippen LogP contribution in [0.5, 0.6) is 0 Å². The van der Waals surface area contributed by atoms with Gasteiger partial charge in [-0.15, -0.1) is 0 Å². The van der Waals surface area contributed by atoms with Gasteiger partial charge in [-0.25, -0.2) is 9.97 Å². The lowest BCUT2D eigenvalue weighted by Crippen LogP contribution is -2.46. The summed E-state index contributed by atoms with van der Waals surface area (Å²) in [5.74, 6) is 1.77. The van der Waals surface area contributed by atoms with Gasteiger partial charge < -0.3 is 20.1 Å². The molecule has 21 heavy (non-hydrogen) atoms. The van der Waals surface area contributed by atoms with Crippen LogP contribution in [0.2, 0.25) is 0 Å². The Kier molecular flexibility index (Phi) is 5.36. The maximum absolute atomic E-state index is 10.7. The van der Waals surface area contributed by atoms with Crippen molar-refractivity contribution in [2.75, 3.05) is 44.1 Å². The van der Waals surface area contributed by atoms with Crippen LogP contribution in [0.4, 0.5) is 11.6 Å². The maximum atomic E-state index is 10.7. The molecule has 1 aliphatic heterocycles. The number of likely N-dealkylation sites (N-methyl/N-ethyl adjacent to an activating group) is 1. The number of aliphatic hydroxyl groups is 1. The van der Waals surface area contributed by atoms with Crippen molar-refractivity contribution in [3.63, 3.8) is 0 Å². The van der Waals surface area contributed by atoms with Crippen LogP contribution in [0, 0.1) is 0 Å². The monoisotopic (exact) mass is 294 g/mol. The lowest BCUT2D eigenvalue weighted by molar-refractivity contribution is -0.0573. The summed E-state index contributed by atoms with van der Waals surface area (Å²) in [6.07, 6.45) is 4.86. The van der Waals surface area contributed by atoms with Crippen LogP contribution < -0.4 is 10.2 Å². The minimum absolute atomic E-state index is 0.563. The summed E-state index contributed by atoms with van der Waals surface area (Å²) >= 11 is 0. The van der Waals surface area contributed by atoms with Crippen molar-refractivity contribution in [3.05, 3.63) is 11.9 Å². The fourth-order valence-corrected chi connectivity index (χ4v) is 2.85. The molecule has 0 aliphatic carbocycles. The first-order valence-corrected chi connectivity index (χ1v) is 7.62. The largest absolute Gasteiger partial charge is 0.388 e. The molecular weight excluding hydrogens is 268 g/mol. The highest BCUT2D eigenvalue weighted by molar-refractivity contribution is 5.58. The van der Waals surface area contributed by atoms with Gasteiger partial charge in [-0.05, 0) is 6.42 Å². The molecule has 1 fully saturated rings. The minimum Gasteiger partial charge on any atom is -0.388 e. The number of hydrogen-bond acceptors (Lipinski definition) is 6. The summed E-state index contributed by atoms with van der Waals surface area (Å²) in [6.45, 7) is 3.95. The van der Waals surface area contributed by atoms with E-state index in [9.17, 15) is 5.11 Å². The van der Waals surface area contributed by atoms with Crippen molar-refractivity contribution in [2.45, 2.75) is 38.2 Å². The Hall–Kier alpha value is -1.40. The molecule has 2 N–H and O–H groups in total. The summed E-state index contributed by atoms with van der Waals surface area (Å²) in [7, 11) is 3.85. The fraction of sp³-hybridized carbons (Fsp3) is 0.733. The second-order valence-electron chi connectivity index (χ2n) is 5.72. The molecule has 0 aromatic carbocycles. The topological polar surface area (TPSA) is 70.5 Å². The van der Waals surface area contributed by atoms with E-state index in [0.29, 0.717) is 32.6 Å². The average molecular weight is 294 g/mol. The molecule has 0 atom stereocenters. The third kappa shape index (κ3) is 3.83. The zero-order chi connectivity index (χ0) is 15.3. The summed E-state index contributed by atoms with van der Waals surface area (Å²) in [4.78, 5) is 10.8. The summed E-state index contributed by atoms with van der Waals surface area (Å²) in [5.41, 5.74) is 0.419. The molecule has 6 nitrogen and oxygen atoms in total. The first-order valence-electron chi connectivity index (χ1n) is 7.62. The van der Waals surface area contributed by atoms with E-state index in [1.165, 1.54) is 0 Å². The molecule has 0 spiro atoms. The summed E-state index contributed by atoms with van der Waals surface area (Å²) in [6, 6.07) is 0. The number of anilines is 2. The number of ether oxygens (including phenoxy) is 1. The van der Waals surface area contributed by atoms with Crippen LogP contribution in [0.3, 0.4) is 0 Å². The molecule has 2 heterocycles. The van der Waals surface area contributed by atoms with Gasteiger partial charge in [-0.1, -0.05) is 13.3 Å². The Balaban J connectivity index is 2.19. The molecule has 0 amide bonds. The molecule has 2 rings (SSSR count). The summed E-state index contributed by atoms with van der Waals surface area (Å²) in [5, 5.41) is 13.8. The number of rotatable bonds is 6. The Morgan fingerprint density at radius 1 is 1.38 bits per heavy atom. The van der Waals surface area contributed by atoms with Crippen LogP contribution in [0.15, 0.2) is 6.33 Å². The van der Waals surface area contributed by atoms with Crippen LogP contribution in [-0.4, -0.2) is 54.5 Å². The van der Waals surface area contributed by atoms with E-state index in [1.54, 1.807) is 6.33 Å². The van der Waals surface area contributed by atoms with Gasteiger partial charge in [-0.3, -0.25) is 0 Å². The second-order valence-corrected chi connectivity index (χ2v) is 5.72. The highest BCUT2D eigenvalue weighted by Crippen LogP contribution is 2.27. The fourth-order valence-electron chi connectivity index (χ4n) is 2.85. The molecule has 6 heteroatoms. The molecule has 1 saturated heterocycles. The van der Waals surface area contributed by atoms with Gasteiger partial charge in [0.1, 0.15) is 18.0 Å². The van der Waals surface area contributed by atoms with E-state index in [0.717, 1.165) is 30.0 Å². The number of aromatic nitrogens is 2. The number of hydrogen-bond donors (Lipinski definition) is 2. The molecule has 0 unspecified atom stereocenters. The molecule has 1 aromatic heterocycles. The van der Waals surface area contributed by atoms with Gasteiger partial charge >= 0.3 is 0 Å². The standard InChI is InChI=1S/C15H26N4O2/c1-4-5-12-13(16-2)17-11-18-14(12)19(3)10-15(20)6-8-21-9-7-15/h11,20H,4-10H2,1-3H3,(H,16,17,18). The average Bonchev–Trinajstić information content (AvgIpc) is 2.48. The Morgan fingerprint density at radius 2 is 2.10 bits per heavy atom. The smallest absolute Gasteiger partial charge is 0.137 e. The van der Waals surface area contributed by atoms with E-state index in [1.807, 2.05) is 19.0 Å². The SMILES string of the molecule is CCCc1c(NC)ncnc1N(C)CC1(O)CCOCC1. The second kappa shape index (κ2) is 7.04. The number of nitrogens with zero attached hydrogens (tertiary/aromatic N) is 3. The predicted octanol–water partition coefficient (Wildman–Crippen LogP) is 1.45. The lowest BCUT2D eigenvalue weighted by Gasteiger charge is -2.36. The van der Waals surface area contributed by atoms with Crippen LogP contribution in [0.25, 0.3) is 0 Å². The zero-order valence-corrected chi connectivity index (χ0v) is 13.2. The van der Waals surface area contributed by atoms with E-state index in [4.69, 9.17) is 4.74 Å². The van der Waals surface area contributed by atoms with Gasteiger partial charge in [0.2, 0.25) is 0 Å². The van der Waals surface area contributed by atoms with Gasteiger partial charge in [0.05, 0.1) is 5.60 Å². The van der Waals surface area contributed by atoms with Crippen LogP contribution >= 0.6 is 0 Å². The Morgan fingerprint density at radius 3 is 2.71 bits per heavy atom. The quantitative estimate of drug-likeness (QED) is 0.827.